The average Bonchev–Trinajstić information content (AvgIpc) is 2.76. The summed E-state index contributed by atoms with van der Waals surface area (Å²) in [7, 11) is 0. The molecule has 0 amide bonds. The number of hydrogen-bond acceptors (Lipinski definition) is 4. The van der Waals surface area contributed by atoms with Gasteiger partial charge in [-0.15, -0.1) is 0 Å². The zero-order valence-electron chi connectivity index (χ0n) is 15.6. The van der Waals surface area contributed by atoms with E-state index in [4.69, 9.17) is 23.2 Å². The molecule has 0 aliphatic heterocycles. The molecule has 0 radical (unpaired) electrons. The molecule has 30 heavy (non-hydrogen) atoms. The summed E-state index contributed by atoms with van der Waals surface area (Å²) in [6.07, 6.45) is 1.48. The van der Waals surface area contributed by atoms with Crippen LogP contribution in [-0.2, 0) is 13.1 Å². The predicted molar refractivity (Wildman–Crippen MR) is 117 cm³/mol. The monoisotopic (exact) mass is 439 g/mol. The van der Waals surface area contributed by atoms with E-state index in [1.807, 2.05) is 0 Å². The van der Waals surface area contributed by atoms with Crippen molar-refractivity contribution in [2.24, 2.45) is 0 Å². The first-order chi connectivity index (χ1) is 14.4. The van der Waals surface area contributed by atoms with Crippen LogP contribution in [0, 0.1) is 0 Å². The van der Waals surface area contributed by atoms with Gasteiger partial charge >= 0.3 is 5.69 Å². The molecule has 0 saturated heterocycles. The van der Waals surface area contributed by atoms with Gasteiger partial charge in [0.15, 0.2) is 11.3 Å². The first-order valence-corrected chi connectivity index (χ1v) is 9.81. The third kappa shape index (κ3) is 3.92. The summed E-state index contributed by atoms with van der Waals surface area (Å²) in [5.41, 5.74) is 0.471. The highest BCUT2D eigenvalue weighted by molar-refractivity contribution is 6.30. The molecule has 0 saturated carbocycles. The van der Waals surface area contributed by atoms with Crippen molar-refractivity contribution in [1.82, 2.24) is 14.1 Å². The summed E-state index contributed by atoms with van der Waals surface area (Å²) in [6, 6.07) is 16.5. The molecule has 0 aliphatic carbocycles. The fraction of sp³-hybridized carbons (Fsp3) is 0.0909. The van der Waals surface area contributed by atoms with Crippen molar-refractivity contribution >= 4 is 40.0 Å². The molecule has 0 spiro atoms. The van der Waals surface area contributed by atoms with Gasteiger partial charge in [0.2, 0.25) is 0 Å². The second kappa shape index (κ2) is 8.26. The van der Waals surface area contributed by atoms with Gasteiger partial charge in [-0.05, 0) is 54.1 Å². The number of ketones is 1. The number of fused-ring (bicyclic) bond motifs is 1. The van der Waals surface area contributed by atoms with Crippen LogP contribution in [0.25, 0.3) is 11.0 Å². The van der Waals surface area contributed by atoms with E-state index in [9.17, 15) is 14.4 Å². The number of carbonyl (C=O) groups excluding carboxylic acids is 1. The van der Waals surface area contributed by atoms with Crippen LogP contribution in [0.15, 0.2) is 76.4 Å². The van der Waals surface area contributed by atoms with Crippen molar-refractivity contribution in [2.75, 3.05) is 0 Å². The molecule has 8 heteroatoms. The number of nitrogens with zero attached hydrogens (tertiary/aromatic N) is 3. The van der Waals surface area contributed by atoms with Gasteiger partial charge in [-0.3, -0.25) is 18.7 Å². The van der Waals surface area contributed by atoms with Crippen LogP contribution in [0.2, 0.25) is 10.0 Å². The van der Waals surface area contributed by atoms with Gasteiger partial charge in [-0.2, -0.15) is 0 Å². The third-order valence-electron chi connectivity index (χ3n) is 4.71. The summed E-state index contributed by atoms with van der Waals surface area (Å²) in [6.45, 7) is -0.194. The van der Waals surface area contributed by atoms with Gasteiger partial charge in [0.25, 0.3) is 5.56 Å². The van der Waals surface area contributed by atoms with Gasteiger partial charge in [0.05, 0.1) is 18.6 Å². The molecule has 0 unspecified atom stereocenters. The molecule has 4 aromatic rings. The lowest BCUT2D eigenvalue weighted by atomic mass is 10.1. The molecule has 0 N–H and O–H groups in total. The number of rotatable bonds is 5. The van der Waals surface area contributed by atoms with Crippen molar-refractivity contribution in [2.45, 2.75) is 13.1 Å². The number of carbonyl (C=O) groups is 1. The highest BCUT2D eigenvalue weighted by Crippen LogP contribution is 2.13. The Kier molecular flexibility index (Phi) is 5.53. The maximum absolute atomic E-state index is 13.2. The van der Waals surface area contributed by atoms with E-state index < -0.39 is 11.2 Å². The normalized spacial score (nSPS) is 11.0. The molecule has 6 nitrogen and oxygen atoms in total. The number of aromatic nitrogens is 3. The second-order valence-electron chi connectivity index (χ2n) is 6.69. The van der Waals surface area contributed by atoms with E-state index in [-0.39, 0.29) is 24.4 Å². The van der Waals surface area contributed by atoms with Crippen LogP contribution in [-0.4, -0.2) is 19.9 Å². The molecule has 2 heterocycles. The first kappa shape index (κ1) is 20.1. The van der Waals surface area contributed by atoms with Gasteiger partial charge < -0.3 is 0 Å². The largest absolute Gasteiger partial charge is 0.332 e. The lowest BCUT2D eigenvalue weighted by Gasteiger charge is -2.13. The molecule has 150 valence electrons. The summed E-state index contributed by atoms with van der Waals surface area (Å²) < 4.78 is 2.35. The SMILES string of the molecule is O=C(Cn1c(=O)n(Cc2ccc(Cl)cc2)c(=O)c2ncccc21)c1ccc(Cl)cc1. The number of halogens is 2. The van der Waals surface area contributed by atoms with Crippen LogP contribution in [0.5, 0.6) is 0 Å². The van der Waals surface area contributed by atoms with Gasteiger partial charge in [0.1, 0.15) is 0 Å². The van der Waals surface area contributed by atoms with Crippen molar-refractivity contribution < 1.29 is 4.79 Å². The Bertz CT molecular complexity index is 1360. The minimum atomic E-state index is -0.585. The smallest absolute Gasteiger partial charge is 0.292 e. The van der Waals surface area contributed by atoms with Gasteiger partial charge in [-0.1, -0.05) is 35.3 Å². The Labute approximate surface area is 180 Å². The molecular formula is C22H15Cl2N3O3. The molecule has 0 bridgehead atoms. The molecule has 0 fully saturated rings. The van der Waals surface area contributed by atoms with Crippen molar-refractivity contribution in [3.63, 3.8) is 0 Å². The van der Waals surface area contributed by atoms with Crippen LogP contribution in [0.1, 0.15) is 15.9 Å². The Hall–Kier alpha value is -3.22. The lowest BCUT2D eigenvalue weighted by Crippen LogP contribution is -2.41. The predicted octanol–water partition coefficient (Wildman–Crippen LogP) is 3.80. The molecule has 4 rings (SSSR count). The molecule has 0 aliphatic rings. The summed E-state index contributed by atoms with van der Waals surface area (Å²) in [5.74, 6) is -0.282. The Morgan fingerprint density at radius 3 is 2.17 bits per heavy atom. The van der Waals surface area contributed by atoms with Crippen molar-refractivity contribution in [3.8, 4) is 0 Å². The number of hydrogen-bond donors (Lipinski definition) is 0. The van der Waals surface area contributed by atoms with Gasteiger partial charge in [-0.25, -0.2) is 9.78 Å². The summed E-state index contributed by atoms with van der Waals surface area (Å²) in [5, 5.41) is 1.06. The van der Waals surface area contributed by atoms with E-state index in [0.717, 1.165) is 10.1 Å². The maximum atomic E-state index is 13.2. The fourth-order valence-electron chi connectivity index (χ4n) is 3.18. The number of pyridine rings is 1. The van der Waals surface area contributed by atoms with Crippen molar-refractivity contribution in [3.05, 3.63) is 109 Å². The number of benzene rings is 2. The standard InChI is InChI=1S/C22H15Cl2N3O3/c23-16-7-3-14(4-8-16)12-27-21(29)20-18(2-1-11-25-20)26(22(27)30)13-19(28)15-5-9-17(24)10-6-15/h1-11H,12-13H2. The fourth-order valence-corrected chi connectivity index (χ4v) is 3.43. The number of Topliss-reactive ketones (excluding diaryl/α,β-unsaturated/α-hetero) is 1. The minimum Gasteiger partial charge on any atom is -0.292 e. The average molecular weight is 440 g/mol. The van der Waals surface area contributed by atoms with Crippen LogP contribution < -0.4 is 11.2 Å². The quantitative estimate of drug-likeness (QED) is 0.443. The molecule has 2 aromatic heterocycles. The summed E-state index contributed by atoms with van der Waals surface area (Å²) in [4.78, 5) is 43.1. The Balaban J connectivity index is 1.83. The van der Waals surface area contributed by atoms with E-state index in [1.54, 1.807) is 60.7 Å². The molecular weight excluding hydrogens is 425 g/mol. The van der Waals surface area contributed by atoms with Crippen LogP contribution in [0.3, 0.4) is 0 Å². The third-order valence-corrected chi connectivity index (χ3v) is 5.21. The molecule has 2 aromatic carbocycles. The first-order valence-electron chi connectivity index (χ1n) is 9.05. The maximum Gasteiger partial charge on any atom is 0.332 e. The van der Waals surface area contributed by atoms with Gasteiger partial charge in [0, 0.05) is 21.8 Å². The van der Waals surface area contributed by atoms with E-state index in [1.165, 1.54) is 10.8 Å². The summed E-state index contributed by atoms with van der Waals surface area (Å²) >= 11 is 11.8. The van der Waals surface area contributed by atoms with E-state index in [2.05, 4.69) is 4.98 Å². The zero-order chi connectivity index (χ0) is 21.3. The van der Waals surface area contributed by atoms with Crippen LogP contribution >= 0.6 is 23.2 Å². The van der Waals surface area contributed by atoms with Crippen molar-refractivity contribution in [1.29, 1.82) is 0 Å². The van der Waals surface area contributed by atoms with E-state index in [0.29, 0.717) is 21.1 Å². The Morgan fingerprint density at radius 1 is 0.867 bits per heavy atom. The van der Waals surface area contributed by atoms with E-state index >= 15 is 0 Å². The highest BCUT2D eigenvalue weighted by Gasteiger charge is 2.17. The topological polar surface area (TPSA) is 74.0 Å². The second-order valence-corrected chi connectivity index (χ2v) is 7.56. The zero-order valence-corrected chi connectivity index (χ0v) is 17.1. The van der Waals surface area contributed by atoms with Crippen LogP contribution in [0.4, 0.5) is 0 Å². The highest BCUT2D eigenvalue weighted by atomic mass is 35.5. The lowest BCUT2D eigenvalue weighted by molar-refractivity contribution is 0.0971. The molecule has 0 atom stereocenters. The Morgan fingerprint density at radius 2 is 1.50 bits per heavy atom. The minimum absolute atomic E-state index is 0.0382.